The number of piperazine rings is 1. The number of benzene rings is 1. The topological polar surface area (TPSA) is 39.5 Å². The number of anilines is 1. The highest BCUT2D eigenvalue weighted by atomic mass is 16.5. The van der Waals surface area contributed by atoms with Crippen molar-refractivity contribution in [3.05, 3.63) is 24.3 Å². The van der Waals surface area contributed by atoms with Crippen molar-refractivity contribution in [2.75, 3.05) is 37.6 Å². The zero-order chi connectivity index (χ0) is 13.7. The Labute approximate surface area is 115 Å². The van der Waals surface area contributed by atoms with Gasteiger partial charge in [0.15, 0.2) is 0 Å². The summed E-state index contributed by atoms with van der Waals surface area (Å²) in [6, 6.07) is 10.5. The van der Waals surface area contributed by atoms with Gasteiger partial charge in [-0.05, 0) is 38.1 Å². The third-order valence-electron chi connectivity index (χ3n) is 3.24. The first kappa shape index (κ1) is 13.7. The average molecular weight is 259 g/mol. The van der Waals surface area contributed by atoms with Crippen LogP contribution in [0.15, 0.2) is 24.3 Å². The predicted molar refractivity (Wildman–Crippen MR) is 76.5 cm³/mol. The quantitative estimate of drug-likeness (QED) is 0.776. The first-order valence-corrected chi connectivity index (χ1v) is 6.80. The first-order chi connectivity index (χ1) is 9.19. The molecule has 0 aliphatic carbocycles. The van der Waals surface area contributed by atoms with Crippen LogP contribution < -0.4 is 9.64 Å². The van der Waals surface area contributed by atoms with Gasteiger partial charge in [-0.25, -0.2) is 0 Å². The fourth-order valence-corrected chi connectivity index (χ4v) is 2.27. The molecular weight excluding hydrogens is 238 g/mol. The van der Waals surface area contributed by atoms with E-state index < -0.39 is 0 Å². The normalized spacial score (nSPS) is 16.4. The van der Waals surface area contributed by atoms with Gasteiger partial charge in [-0.1, -0.05) is 0 Å². The van der Waals surface area contributed by atoms with E-state index in [4.69, 9.17) is 10.00 Å². The van der Waals surface area contributed by atoms with Crippen LogP contribution in [0.5, 0.6) is 5.75 Å². The average Bonchev–Trinajstić information content (AvgIpc) is 2.40. The maximum absolute atomic E-state index is 8.68. The van der Waals surface area contributed by atoms with Gasteiger partial charge >= 0.3 is 0 Å². The monoisotopic (exact) mass is 259 g/mol. The second-order valence-corrected chi connectivity index (χ2v) is 5.08. The molecule has 0 radical (unpaired) electrons. The van der Waals surface area contributed by atoms with Crippen LogP contribution in [-0.2, 0) is 0 Å². The van der Waals surface area contributed by atoms with E-state index in [-0.39, 0.29) is 6.10 Å². The molecular formula is C15H21N3O. The van der Waals surface area contributed by atoms with Crippen LogP contribution in [0.1, 0.15) is 13.8 Å². The maximum atomic E-state index is 8.68. The Kier molecular flexibility index (Phi) is 4.64. The number of rotatable bonds is 4. The molecule has 0 bridgehead atoms. The van der Waals surface area contributed by atoms with Crippen molar-refractivity contribution in [1.29, 1.82) is 5.26 Å². The van der Waals surface area contributed by atoms with Gasteiger partial charge in [0, 0.05) is 31.9 Å². The summed E-state index contributed by atoms with van der Waals surface area (Å²) in [5.74, 6) is 0.918. The Balaban J connectivity index is 1.91. The Bertz CT molecular complexity index is 428. The fourth-order valence-electron chi connectivity index (χ4n) is 2.27. The molecule has 4 heteroatoms. The smallest absolute Gasteiger partial charge is 0.119 e. The Morgan fingerprint density at radius 3 is 2.32 bits per heavy atom. The van der Waals surface area contributed by atoms with Crippen molar-refractivity contribution < 1.29 is 4.74 Å². The summed E-state index contributed by atoms with van der Waals surface area (Å²) in [4.78, 5) is 4.54. The van der Waals surface area contributed by atoms with Gasteiger partial charge in [-0.15, -0.1) is 0 Å². The lowest BCUT2D eigenvalue weighted by Crippen LogP contribution is -2.46. The van der Waals surface area contributed by atoms with Crippen molar-refractivity contribution in [3.63, 3.8) is 0 Å². The second kappa shape index (κ2) is 6.44. The summed E-state index contributed by atoms with van der Waals surface area (Å²) in [5.41, 5.74) is 1.23. The van der Waals surface area contributed by atoms with Gasteiger partial charge in [0.2, 0.25) is 0 Å². The molecule has 1 aromatic carbocycles. The van der Waals surface area contributed by atoms with Crippen LogP contribution in [0.25, 0.3) is 0 Å². The molecule has 1 aromatic rings. The van der Waals surface area contributed by atoms with Crippen LogP contribution in [0.3, 0.4) is 0 Å². The van der Waals surface area contributed by atoms with E-state index >= 15 is 0 Å². The number of hydrogen-bond donors (Lipinski definition) is 0. The molecule has 0 atom stereocenters. The summed E-state index contributed by atoms with van der Waals surface area (Å²) in [6.07, 6.45) is 0.209. The molecule has 1 heterocycles. The highest BCUT2D eigenvalue weighted by molar-refractivity contribution is 5.49. The number of nitriles is 1. The van der Waals surface area contributed by atoms with Gasteiger partial charge in [0.1, 0.15) is 5.75 Å². The zero-order valence-corrected chi connectivity index (χ0v) is 11.7. The molecule has 19 heavy (non-hydrogen) atoms. The molecule has 1 aliphatic rings. The summed E-state index contributed by atoms with van der Waals surface area (Å²) in [7, 11) is 0. The molecule has 2 rings (SSSR count). The molecule has 4 nitrogen and oxygen atoms in total. The minimum absolute atomic E-state index is 0.209. The number of hydrogen-bond acceptors (Lipinski definition) is 4. The fraction of sp³-hybridized carbons (Fsp3) is 0.533. The summed E-state index contributed by atoms with van der Waals surface area (Å²) < 4.78 is 5.64. The van der Waals surface area contributed by atoms with E-state index in [2.05, 4.69) is 28.0 Å². The van der Waals surface area contributed by atoms with Gasteiger partial charge in [0.05, 0.1) is 18.7 Å². The van der Waals surface area contributed by atoms with Crippen molar-refractivity contribution >= 4 is 5.69 Å². The van der Waals surface area contributed by atoms with E-state index in [1.54, 1.807) is 0 Å². The lowest BCUT2D eigenvalue weighted by molar-refractivity contribution is 0.242. The number of nitrogens with zero attached hydrogens (tertiary/aromatic N) is 3. The van der Waals surface area contributed by atoms with Gasteiger partial charge in [0.25, 0.3) is 0 Å². The largest absolute Gasteiger partial charge is 0.491 e. The lowest BCUT2D eigenvalue weighted by Gasteiger charge is -2.35. The summed E-state index contributed by atoms with van der Waals surface area (Å²) in [5, 5.41) is 8.68. The van der Waals surface area contributed by atoms with E-state index in [1.807, 2.05) is 26.0 Å². The van der Waals surface area contributed by atoms with Crippen molar-refractivity contribution in [3.8, 4) is 11.8 Å². The van der Waals surface area contributed by atoms with E-state index in [0.717, 1.165) is 31.9 Å². The molecule has 1 fully saturated rings. The summed E-state index contributed by atoms with van der Waals surface area (Å²) in [6.45, 7) is 8.47. The Morgan fingerprint density at radius 1 is 1.16 bits per heavy atom. The molecule has 102 valence electrons. The van der Waals surface area contributed by atoms with E-state index in [9.17, 15) is 0 Å². The third-order valence-corrected chi connectivity index (χ3v) is 3.24. The molecule has 0 spiro atoms. The minimum Gasteiger partial charge on any atom is -0.491 e. The standard InChI is InChI=1S/C15H21N3O/c1-13(2)19-15-5-3-14(4-6-15)18-11-9-17(8-7-16)10-12-18/h3-6,13H,8-12H2,1-2H3. The van der Waals surface area contributed by atoms with Crippen molar-refractivity contribution in [2.24, 2.45) is 0 Å². The summed E-state index contributed by atoms with van der Waals surface area (Å²) >= 11 is 0. The zero-order valence-electron chi connectivity index (χ0n) is 11.7. The Hall–Kier alpha value is -1.73. The van der Waals surface area contributed by atoms with Crippen LogP contribution in [0, 0.1) is 11.3 Å². The first-order valence-electron chi connectivity index (χ1n) is 6.80. The van der Waals surface area contributed by atoms with E-state index in [1.165, 1.54) is 5.69 Å². The maximum Gasteiger partial charge on any atom is 0.119 e. The molecule has 0 N–H and O–H groups in total. The van der Waals surface area contributed by atoms with Crippen LogP contribution >= 0.6 is 0 Å². The van der Waals surface area contributed by atoms with Gasteiger partial charge in [-0.3, -0.25) is 4.90 Å². The highest BCUT2D eigenvalue weighted by Gasteiger charge is 2.16. The van der Waals surface area contributed by atoms with E-state index in [0.29, 0.717) is 6.54 Å². The van der Waals surface area contributed by atoms with Crippen LogP contribution in [0.4, 0.5) is 5.69 Å². The molecule has 0 amide bonds. The molecule has 1 aliphatic heterocycles. The van der Waals surface area contributed by atoms with Crippen molar-refractivity contribution in [1.82, 2.24) is 4.90 Å². The molecule has 0 saturated carbocycles. The van der Waals surface area contributed by atoms with Crippen LogP contribution in [-0.4, -0.2) is 43.7 Å². The Morgan fingerprint density at radius 2 is 1.79 bits per heavy atom. The lowest BCUT2D eigenvalue weighted by atomic mass is 10.2. The number of ether oxygens (including phenoxy) is 1. The highest BCUT2D eigenvalue weighted by Crippen LogP contribution is 2.21. The molecule has 0 unspecified atom stereocenters. The van der Waals surface area contributed by atoms with Gasteiger partial charge < -0.3 is 9.64 Å². The van der Waals surface area contributed by atoms with Gasteiger partial charge in [-0.2, -0.15) is 5.26 Å². The van der Waals surface area contributed by atoms with Crippen molar-refractivity contribution in [2.45, 2.75) is 20.0 Å². The SMILES string of the molecule is CC(C)Oc1ccc(N2CCN(CC#N)CC2)cc1. The second-order valence-electron chi connectivity index (χ2n) is 5.08. The van der Waals surface area contributed by atoms with Crippen LogP contribution in [0.2, 0.25) is 0 Å². The molecule has 0 aromatic heterocycles. The minimum atomic E-state index is 0.209. The predicted octanol–water partition coefficient (Wildman–Crippen LogP) is 2.12. The third kappa shape index (κ3) is 3.87. The molecule has 1 saturated heterocycles.